The van der Waals surface area contributed by atoms with E-state index in [4.69, 9.17) is 4.74 Å². The monoisotopic (exact) mass is 318 g/mol. The van der Waals surface area contributed by atoms with Crippen LogP contribution in [-0.4, -0.2) is 12.9 Å². The first kappa shape index (κ1) is 13.8. The lowest BCUT2D eigenvalue weighted by Crippen LogP contribution is -2.04. The molecule has 98 valence electrons. The fourth-order valence-electron chi connectivity index (χ4n) is 1.95. The molecule has 3 heteroatoms. The molecule has 19 heavy (non-hydrogen) atoms. The van der Waals surface area contributed by atoms with Crippen molar-refractivity contribution in [2.75, 3.05) is 7.11 Å². The third kappa shape index (κ3) is 2.87. The molecule has 0 aromatic heterocycles. The van der Waals surface area contributed by atoms with Gasteiger partial charge in [0.05, 0.1) is 7.11 Å². The molecular weight excluding hydrogens is 304 g/mol. The number of ether oxygens (including phenoxy) is 1. The van der Waals surface area contributed by atoms with E-state index >= 15 is 0 Å². The summed E-state index contributed by atoms with van der Waals surface area (Å²) in [5, 5.41) is 0. The van der Waals surface area contributed by atoms with Gasteiger partial charge in [-0.1, -0.05) is 28.1 Å². The zero-order valence-electron chi connectivity index (χ0n) is 11.2. The number of aryl methyl sites for hydroxylation is 2. The normalized spacial score (nSPS) is 10.3. The molecule has 0 aliphatic carbocycles. The van der Waals surface area contributed by atoms with Crippen LogP contribution in [0.15, 0.2) is 40.9 Å². The zero-order chi connectivity index (χ0) is 14.0. The van der Waals surface area contributed by atoms with E-state index in [1.54, 1.807) is 13.2 Å². The number of rotatable bonds is 3. The minimum Gasteiger partial charge on any atom is -0.497 e. The van der Waals surface area contributed by atoms with Crippen LogP contribution in [0.3, 0.4) is 0 Å². The van der Waals surface area contributed by atoms with E-state index in [-0.39, 0.29) is 5.78 Å². The molecule has 2 aromatic carbocycles. The van der Waals surface area contributed by atoms with Crippen LogP contribution < -0.4 is 4.74 Å². The first-order chi connectivity index (χ1) is 9.02. The third-order valence-corrected chi connectivity index (χ3v) is 3.94. The van der Waals surface area contributed by atoms with Gasteiger partial charge in [0.25, 0.3) is 0 Å². The summed E-state index contributed by atoms with van der Waals surface area (Å²) >= 11 is 3.48. The van der Waals surface area contributed by atoms with Crippen LogP contribution in [0.4, 0.5) is 0 Å². The molecule has 0 bridgehead atoms. The molecule has 0 amide bonds. The van der Waals surface area contributed by atoms with Crippen LogP contribution in [0.25, 0.3) is 0 Å². The highest BCUT2D eigenvalue weighted by Gasteiger charge is 2.13. The Kier molecular flexibility index (Phi) is 4.05. The van der Waals surface area contributed by atoms with E-state index in [0.717, 1.165) is 21.2 Å². The van der Waals surface area contributed by atoms with Crippen molar-refractivity contribution < 1.29 is 9.53 Å². The molecular formula is C16H15BrO2. The van der Waals surface area contributed by atoms with Gasteiger partial charge < -0.3 is 4.74 Å². The van der Waals surface area contributed by atoms with Gasteiger partial charge in [-0.25, -0.2) is 0 Å². The van der Waals surface area contributed by atoms with Crippen LogP contribution in [0.5, 0.6) is 5.75 Å². The number of hydrogen-bond acceptors (Lipinski definition) is 2. The van der Waals surface area contributed by atoms with Crippen molar-refractivity contribution in [1.29, 1.82) is 0 Å². The fraction of sp³-hybridized carbons (Fsp3) is 0.188. The largest absolute Gasteiger partial charge is 0.497 e. The predicted octanol–water partition coefficient (Wildman–Crippen LogP) is 4.31. The molecule has 0 spiro atoms. The number of benzene rings is 2. The van der Waals surface area contributed by atoms with Crippen molar-refractivity contribution in [2.45, 2.75) is 13.8 Å². The topological polar surface area (TPSA) is 26.3 Å². The maximum atomic E-state index is 12.5. The number of carbonyl (C=O) groups excluding carboxylic acids is 1. The Labute approximate surface area is 121 Å². The summed E-state index contributed by atoms with van der Waals surface area (Å²) in [4.78, 5) is 12.5. The quantitative estimate of drug-likeness (QED) is 0.788. The number of methoxy groups -OCH3 is 1. The summed E-state index contributed by atoms with van der Waals surface area (Å²) in [5.74, 6) is 0.712. The van der Waals surface area contributed by atoms with Crippen LogP contribution in [0, 0.1) is 13.8 Å². The Hall–Kier alpha value is -1.61. The van der Waals surface area contributed by atoms with Gasteiger partial charge in [-0.15, -0.1) is 0 Å². The highest BCUT2D eigenvalue weighted by Crippen LogP contribution is 2.24. The Morgan fingerprint density at radius 1 is 1.11 bits per heavy atom. The maximum Gasteiger partial charge on any atom is 0.193 e. The van der Waals surface area contributed by atoms with Crippen molar-refractivity contribution in [1.82, 2.24) is 0 Å². The zero-order valence-corrected chi connectivity index (χ0v) is 12.7. The molecule has 2 rings (SSSR count). The van der Waals surface area contributed by atoms with E-state index < -0.39 is 0 Å². The molecule has 2 nitrogen and oxygen atoms in total. The number of hydrogen-bond donors (Lipinski definition) is 0. The Morgan fingerprint density at radius 2 is 1.84 bits per heavy atom. The molecule has 0 aliphatic rings. The number of carbonyl (C=O) groups is 1. The van der Waals surface area contributed by atoms with Crippen molar-refractivity contribution in [2.24, 2.45) is 0 Å². The molecule has 0 N–H and O–H groups in total. The Bertz CT molecular complexity index is 633. The second kappa shape index (κ2) is 5.57. The highest BCUT2D eigenvalue weighted by molar-refractivity contribution is 9.10. The van der Waals surface area contributed by atoms with E-state index in [1.165, 1.54) is 0 Å². The van der Waals surface area contributed by atoms with Gasteiger partial charge in [-0.05, 0) is 49.2 Å². The molecule has 0 saturated heterocycles. The molecule has 0 aliphatic heterocycles. The highest BCUT2D eigenvalue weighted by atomic mass is 79.9. The van der Waals surface area contributed by atoms with Gasteiger partial charge in [0.2, 0.25) is 0 Å². The summed E-state index contributed by atoms with van der Waals surface area (Å²) in [6.07, 6.45) is 0. The van der Waals surface area contributed by atoms with Gasteiger partial charge in [-0.2, -0.15) is 0 Å². The molecule has 0 radical (unpaired) electrons. The Morgan fingerprint density at radius 3 is 2.53 bits per heavy atom. The molecule has 0 unspecified atom stereocenters. The van der Waals surface area contributed by atoms with Gasteiger partial charge in [0.1, 0.15) is 5.75 Å². The predicted molar refractivity (Wildman–Crippen MR) is 80.0 cm³/mol. The SMILES string of the molecule is COc1cccc(C(=O)c2cc(C)c(Br)cc2C)c1. The average Bonchev–Trinajstić information content (AvgIpc) is 2.42. The summed E-state index contributed by atoms with van der Waals surface area (Å²) in [6.45, 7) is 3.92. The van der Waals surface area contributed by atoms with Crippen LogP contribution in [0.2, 0.25) is 0 Å². The minimum absolute atomic E-state index is 0.0204. The molecule has 0 atom stereocenters. The van der Waals surface area contributed by atoms with Gasteiger partial charge in [-0.3, -0.25) is 4.79 Å². The first-order valence-electron chi connectivity index (χ1n) is 5.98. The number of ketones is 1. The summed E-state index contributed by atoms with van der Waals surface area (Å²) in [7, 11) is 1.60. The smallest absolute Gasteiger partial charge is 0.193 e. The summed E-state index contributed by atoms with van der Waals surface area (Å²) < 4.78 is 6.17. The summed E-state index contributed by atoms with van der Waals surface area (Å²) in [6, 6.07) is 11.1. The number of halogens is 1. The van der Waals surface area contributed by atoms with Crippen molar-refractivity contribution >= 4 is 21.7 Å². The van der Waals surface area contributed by atoms with Crippen LogP contribution in [-0.2, 0) is 0 Å². The second-order valence-electron chi connectivity index (χ2n) is 4.48. The van der Waals surface area contributed by atoms with Gasteiger partial charge >= 0.3 is 0 Å². The molecule has 0 fully saturated rings. The minimum atomic E-state index is 0.0204. The third-order valence-electron chi connectivity index (χ3n) is 3.08. The van der Waals surface area contributed by atoms with E-state index in [1.807, 2.05) is 44.2 Å². The molecule has 0 saturated carbocycles. The lowest BCUT2D eigenvalue weighted by Gasteiger charge is -2.09. The Balaban J connectivity index is 2.46. The van der Waals surface area contributed by atoms with Crippen LogP contribution >= 0.6 is 15.9 Å². The van der Waals surface area contributed by atoms with E-state index in [9.17, 15) is 4.79 Å². The lowest BCUT2D eigenvalue weighted by atomic mass is 9.97. The van der Waals surface area contributed by atoms with Gasteiger partial charge in [0, 0.05) is 15.6 Å². The molecule has 2 aromatic rings. The van der Waals surface area contributed by atoms with Crippen molar-refractivity contribution in [3.05, 3.63) is 63.1 Å². The first-order valence-corrected chi connectivity index (χ1v) is 6.77. The van der Waals surface area contributed by atoms with Crippen molar-refractivity contribution in [3.8, 4) is 5.75 Å². The average molecular weight is 319 g/mol. The maximum absolute atomic E-state index is 12.5. The van der Waals surface area contributed by atoms with Crippen molar-refractivity contribution in [3.63, 3.8) is 0 Å². The van der Waals surface area contributed by atoms with Crippen LogP contribution in [0.1, 0.15) is 27.0 Å². The standard InChI is InChI=1S/C16H15BrO2/c1-10-8-15(17)11(2)7-14(10)16(18)12-5-4-6-13(9-12)19-3/h4-9H,1-3H3. The second-order valence-corrected chi connectivity index (χ2v) is 5.33. The van der Waals surface area contributed by atoms with Gasteiger partial charge in [0.15, 0.2) is 5.78 Å². The summed E-state index contributed by atoms with van der Waals surface area (Å²) in [5.41, 5.74) is 3.39. The van der Waals surface area contributed by atoms with E-state index in [0.29, 0.717) is 11.3 Å². The lowest BCUT2D eigenvalue weighted by molar-refractivity contribution is 0.103. The van der Waals surface area contributed by atoms with E-state index in [2.05, 4.69) is 15.9 Å². The fourth-order valence-corrected chi connectivity index (χ4v) is 2.40. The molecule has 0 heterocycles.